The molecule has 1 heterocycles. The molecule has 0 amide bonds. The van der Waals surface area contributed by atoms with E-state index >= 15 is 0 Å². The van der Waals surface area contributed by atoms with Crippen LogP contribution in [0.2, 0.25) is 0 Å². The highest BCUT2D eigenvalue weighted by Crippen LogP contribution is 2.49. The number of hydrogen-bond donors (Lipinski definition) is 0. The number of hydrogen-bond acceptors (Lipinski definition) is 4. The van der Waals surface area contributed by atoms with Crippen LogP contribution in [0, 0.1) is 0 Å². The molecule has 0 fully saturated rings. The minimum atomic E-state index is 0.688. The molecule has 0 unspecified atom stereocenters. The van der Waals surface area contributed by atoms with E-state index in [4.69, 9.17) is 14.2 Å². The van der Waals surface area contributed by atoms with Gasteiger partial charge in [-0.2, -0.15) is 0 Å². The van der Waals surface area contributed by atoms with Gasteiger partial charge in [0.1, 0.15) is 0 Å². The highest BCUT2D eigenvalue weighted by Gasteiger charge is 2.23. The Kier molecular flexibility index (Phi) is 2.95. The Labute approximate surface area is 93.7 Å². The zero-order valence-electron chi connectivity index (χ0n) is 9.12. The first-order valence-electron chi connectivity index (χ1n) is 4.76. The summed E-state index contributed by atoms with van der Waals surface area (Å²) in [5, 5.41) is 0. The molecule has 3 nitrogen and oxygen atoms in total. The first-order valence-corrected chi connectivity index (χ1v) is 5.75. The number of ether oxygens (including phenoxy) is 3. The van der Waals surface area contributed by atoms with Gasteiger partial charge in [-0.15, -0.1) is 11.8 Å². The monoisotopic (exact) mass is 226 g/mol. The van der Waals surface area contributed by atoms with Crippen molar-refractivity contribution in [3.63, 3.8) is 0 Å². The second kappa shape index (κ2) is 4.23. The lowest BCUT2D eigenvalue weighted by Gasteiger charge is -2.15. The van der Waals surface area contributed by atoms with Crippen molar-refractivity contribution in [2.24, 2.45) is 0 Å². The van der Waals surface area contributed by atoms with E-state index in [0.29, 0.717) is 5.75 Å². The van der Waals surface area contributed by atoms with Gasteiger partial charge in [0.25, 0.3) is 0 Å². The van der Waals surface area contributed by atoms with E-state index in [0.717, 1.165) is 23.7 Å². The van der Waals surface area contributed by atoms with Gasteiger partial charge in [0.05, 0.1) is 26.2 Å². The van der Waals surface area contributed by atoms with Crippen molar-refractivity contribution in [1.29, 1.82) is 0 Å². The zero-order valence-corrected chi connectivity index (χ0v) is 9.94. The maximum Gasteiger partial charge on any atom is 0.204 e. The fraction of sp³-hybridized carbons (Fsp3) is 0.455. The van der Waals surface area contributed by atoms with Crippen molar-refractivity contribution in [1.82, 2.24) is 0 Å². The third-order valence-electron chi connectivity index (χ3n) is 2.48. The summed E-state index contributed by atoms with van der Waals surface area (Å²) in [5.41, 5.74) is 1.29. The van der Waals surface area contributed by atoms with Crippen LogP contribution in [-0.4, -0.2) is 27.1 Å². The topological polar surface area (TPSA) is 27.7 Å². The van der Waals surface area contributed by atoms with Crippen LogP contribution in [-0.2, 0) is 6.42 Å². The van der Waals surface area contributed by atoms with Gasteiger partial charge in [-0.1, -0.05) is 0 Å². The van der Waals surface area contributed by atoms with Gasteiger partial charge >= 0.3 is 0 Å². The number of benzene rings is 1. The van der Waals surface area contributed by atoms with Crippen LogP contribution in [0.15, 0.2) is 11.0 Å². The fourth-order valence-electron chi connectivity index (χ4n) is 1.79. The predicted molar refractivity (Wildman–Crippen MR) is 60.5 cm³/mol. The molecule has 1 aliphatic heterocycles. The van der Waals surface area contributed by atoms with Crippen LogP contribution >= 0.6 is 11.8 Å². The average Bonchev–Trinajstić information content (AvgIpc) is 2.73. The van der Waals surface area contributed by atoms with E-state index in [9.17, 15) is 0 Å². The van der Waals surface area contributed by atoms with E-state index < -0.39 is 0 Å². The molecule has 1 aliphatic rings. The second-order valence-corrected chi connectivity index (χ2v) is 4.34. The molecule has 4 heteroatoms. The highest BCUT2D eigenvalue weighted by molar-refractivity contribution is 7.99. The lowest BCUT2D eigenvalue weighted by molar-refractivity contribution is 0.319. The van der Waals surface area contributed by atoms with Gasteiger partial charge in [-0.25, -0.2) is 0 Å². The molecule has 0 bridgehead atoms. The van der Waals surface area contributed by atoms with E-state index in [1.165, 1.54) is 10.5 Å². The maximum atomic E-state index is 5.40. The van der Waals surface area contributed by atoms with Crippen LogP contribution in [0.4, 0.5) is 0 Å². The molecule has 0 aromatic heterocycles. The molecule has 82 valence electrons. The molecule has 0 N–H and O–H groups in total. The summed E-state index contributed by atoms with van der Waals surface area (Å²) >= 11 is 1.81. The van der Waals surface area contributed by atoms with Crippen LogP contribution in [0.25, 0.3) is 0 Å². The molecule has 0 saturated heterocycles. The Morgan fingerprint density at radius 1 is 1.07 bits per heavy atom. The van der Waals surface area contributed by atoms with Gasteiger partial charge in [-0.3, -0.25) is 0 Å². The zero-order chi connectivity index (χ0) is 10.8. The number of aryl methyl sites for hydroxylation is 1. The first-order chi connectivity index (χ1) is 7.31. The van der Waals surface area contributed by atoms with E-state index in [2.05, 4.69) is 0 Å². The molecule has 1 aromatic rings. The molecule has 15 heavy (non-hydrogen) atoms. The predicted octanol–water partition coefficient (Wildman–Crippen LogP) is 2.36. The van der Waals surface area contributed by atoms with Crippen molar-refractivity contribution in [3.8, 4) is 17.2 Å². The van der Waals surface area contributed by atoms with Gasteiger partial charge in [0.15, 0.2) is 11.5 Å². The third-order valence-corrected chi connectivity index (χ3v) is 3.62. The average molecular weight is 226 g/mol. The summed E-state index contributed by atoms with van der Waals surface area (Å²) in [5.74, 6) is 3.33. The van der Waals surface area contributed by atoms with Gasteiger partial charge in [-0.05, 0) is 18.1 Å². The summed E-state index contributed by atoms with van der Waals surface area (Å²) in [6.07, 6.45) is 1.07. The number of thioether (sulfide) groups is 1. The first kappa shape index (κ1) is 10.5. The second-order valence-electron chi connectivity index (χ2n) is 3.23. The van der Waals surface area contributed by atoms with Crippen LogP contribution in [0.5, 0.6) is 17.2 Å². The Hall–Kier alpha value is -1.03. The Balaban J connectivity index is 2.61. The number of fused-ring (bicyclic) bond motifs is 1. The lowest BCUT2D eigenvalue weighted by atomic mass is 10.1. The molecule has 0 aliphatic carbocycles. The minimum absolute atomic E-state index is 0.688. The van der Waals surface area contributed by atoms with Crippen molar-refractivity contribution in [2.45, 2.75) is 11.3 Å². The van der Waals surface area contributed by atoms with Crippen LogP contribution < -0.4 is 14.2 Å². The molecule has 1 aromatic carbocycles. The third kappa shape index (κ3) is 1.63. The summed E-state index contributed by atoms with van der Waals surface area (Å²) in [4.78, 5) is 1.19. The van der Waals surface area contributed by atoms with Crippen molar-refractivity contribution in [3.05, 3.63) is 11.6 Å². The Morgan fingerprint density at radius 3 is 2.40 bits per heavy atom. The summed E-state index contributed by atoms with van der Waals surface area (Å²) in [7, 11) is 4.94. The Morgan fingerprint density at radius 2 is 1.80 bits per heavy atom. The maximum absolute atomic E-state index is 5.40. The van der Waals surface area contributed by atoms with Crippen LogP contribution in [0.3, 0.4) is 0 Å². The molecule has 2 rings (SSSR count). The minimum Gasteiger partial charge on any atom is -0.493 e. The van der Waals surface area contributed by atoms with Crippen LogP contribution in [0.1, 0.15) is 5.56 Å². The SMILES string of the molecule is COc1cc2c(c(OC)c1OC)SCC2. The normalized spacial score (nSPS) is 13.5. The van der Waals surface area contributed by atoms with E-state index in [1.54, 1.807) is 21.3 Å². The quantitative estimate of drug-likeness (QED) is 0.790. The van der Waals surface area contributed by atoms with Crippen molar-refractivity contribution in [2.75, 3.05) is 27.1 Å². The fourth-order valence-corrected chi connectivity index (χ4v) is 2.97. The highest BCUT2D eigenvalue weighted by atomic mass is 32.2. The Bertz CT molecular complexity index is 377. The summed E-state index contributed by atoms with van der Waals surface area (Å²) in [6.45, 7) is 0. The lowest BCUT2D eigenvalue weighted by Crippen LogP contribution is -1.97. The molecule has 0 radical (unpaired) electrons. The molecular formula is C11H14O3S. The standard InChI is InChI=1S/C11H14O3S/c1-12-8-6-7-4-5-15-11(7)10(14-3)9(8)13-2/h6H,4-5H2,1-3H3. The summed E-state index contributed by atoms with van der Waals surface area (Å²) < 4.78 is 16.0. The van der Waals surface area contributed by atoms with E-state index in [-0.39, 0.29) is 0 Å². The van der Waals surface area contributed by atoms with Crippen molar-refractivity contribution >= 4 is 11.8 Å². The van der Waals surface area contributed by atoms with Gasteiger partial charge < -0.3 is 14.2 Å². The molecule has 0 atom stereocenters. The molecule has 0 saturated carbocycles. The number of methoxy groups -OCH3 is 3. The number of rotatable bonds is 3. The molecule has 0 spiro atoms. The molecular weight excluding hydrogens is 212 g/mol. The van der Waals surface area contributed by atoms with Crippen molar-refractivity contribution < 1.29 is 14.2 Å². The van der Waals surface area contributed by atoms with Gasteiger partial charge in [0.2, 0.25) is 5.75 Å². The summed E-state index contributed by atoms with van der Waals surface area (Å²) in [6, 6.07) is 2.04. The van der Waals surface area contributed by atoms with E-state index in [1.807, 2.05) is 17.8 Å². The largest absolute Gasteiger partial charge is 0.493 e. The van der Waals surface area contributed by atoms with Gasteiger partial charge in [0, 0.05) is 5.75 Å². The smallest absolute Gasteiger partial charge is 0.204 e.